The first-order valence-corrected chi connectivity index (χ1v) is 9.27. The Labute approximate surface area is 148 Å². The molecule has 4 nitrogen and oxygen atoms in total. The standard InChI is InChI=1S/C20H38O4/c1-10-13-18(6,7)20(17(22)24-12-3,14-16(21)23-11-2)19(8,9)15(4)5/h15H,10-14H2,1-9H3. The van der Waals surface area contributed by atoms with Crippen LogP contribution in [0, 0.1) is 22.2 Å². The monoisotopic (exact) mass is 342 g/mol. The zero-order valence-corrected chi connectivity index (χ0v) is 17.2. The van der Waals surface area contributed by atoms with Gasteiger partial charge in [0, 0.05) is 0 Å². The second-order valence-electron chi connectivity index (χ2n) is 8.12. The smallest absolute Gasteiger partial charge is 0.313 e. The summed E-state index contributed by atoms with van der Waals surface area (Å²) in [5, 5.41) is 0. The molecule has 0 saturated heterocycles. The van der Waals surface area contributed by atoms with Crippen LogP contribution in [0.25, 0.3) is 0 Å². The minimum absolute atomic E-state index is 0.0534. The normalized spacial score (nSPS) is 15.1. The van der Waals surface area contributed by atoms with E-state index in [1.807, 2.05) is 6.92 Å². The minimum Gasteiger partial charge on any atom is -0.466 e. The third-order valence-electron chi connectivity index (χ3n) is 5.91. The zero-order valence-electron chi connectivity index (χ0n) is 17.2. The summed E-state index contributed by atoms with van der Waals surface area (Å²) in [5.41, 5.74) is -1.76. The number of hydrogen-bond donors (Lipinski definition) is 0. The molecule has 0 saturated carbocycles. The van der Waals surface area contributed by atoms with Crippen molar-refractivity contribution in [3.05, 3.63) is 0 Å². The van der Waals surface area contributed by atoms with Crippen molar-refractivity contribution in [3.8, 4) is 0 Å². The first-order valence-electron chi connectivity index (χ1n) is 9.27. The van der Waals surface area contributed by atoms with Gasteiger partial charge < -0.3 is 9.47 Å². The van der Waals surface area contributed by atoms with Crippen LogP contribution in [0.2, 0.25) is 0 Å². The maximum Gasteiger partial charge on any atom is 0.313 e. The van der Waals surface area contributed by atoms with Crippen LogP contribution in [0.1, 0.15) is 81.6 Å². The quantitative estimate of drug-likeness (QED) is 0.524. The highest BCUT2D eigenvalue weighted by molar-refractivity contribution is 5.85. The predicted molar refractivity (Wildman–Crippen MR) is 97.6 cm³/mol. The van der Waals surface area contributed by atoms with E-state index < -0.39 is 16.2 Å². The van der Waals surface area contributed by atoms with Gasteiger partial charge in [-0.25, -0.2) is 0 Å². The summed E-state index contributed by atoms with van der Waals surface area (Å²) < 4.78 is 10.7. The maximum atomic E-state index is 13.2. The molecule has 0 aliphatic carbocycles. The molecular weight excluding hydrogens is 304 g/mol. The van der Waals surface area contributed by atoms with Gasteiger partial charge in [-0.2, -0.15) is 0 Å². The Morgan fingerprint density at radius 3 is 1.79 bits per heavy atom. The first-order chi connectivity index (χ1) is 10.9. The lowest BCUT2D eigenvalue weighted by molar-refractivity contribution is -0.190. The lowest BCUT2D eigenvalue weighted by atomic mass is 9.47. The number of hydrogen-bond acceptors (Lipinski definition) is 4. The molecule has 0 rings (SSSR count). The summed E-state index contributed by atoms with van der Waals surface area (Å²) in [4.78, 5) is 25.7. The third kappa shape index (κ3) is 4.31. The summed E-state index contributed by atoms with van der Waals surface area (Å²) in [6.07, 6.45) is 1.82. The Balaban J connectivity index is 6.42. The summed E-state index contributed by atoms with van der Waals surface area (Å²) >= 11 is 0. The maximum absolute atomic E-state index is 13.2. The Hall–Kier alpha value is -1.06. The van der Waals surface area contributed by atoms with Gasteiger partial charge in [0.1, 0.15) is 0 Å². The van der Waals surface area contributed by atoms with Crippen LogP contribution < -0.4 is 0 Å². The second-order valence-corrected chi connectivity index (χ2v) is 8.12. The van der Waals surface area contributed by atoms with E-state index in [4.69, 9.17) is 9.47 Å². The molecule has 0 radical (unpaired) electrons. The van der Waals surface area contributed by atoms with E-state index in [2.05, 4.69) is 48.5 Å². The van der Waals surface area contributed by atoms with Gasteiger partial charge >= 0.3 is 11.9 Å². The molecule has 1 unspecified atom stereocenters. The van der Waals surface area contributed by atoms with Gasteiger partial charge in [0.05, 0.1) is 25.0 Å². The Bertz CT molecular complexity index is 423. The molecule has 142 valence electrons. The molecule has 0 aromatic rings. The van der Waals surface area contributed by atoms with Crippen LogP contribution in [0.5, 0.6) is 0 Å². The van der Waals surface area contributed by atoms with Crippen LogP contribution in [-0.2, 0) is 19.1 Å². The van der Waals surface area contributed by atoms with Crippen molar-refractivity contribution < 1.29 is 19.1 Å². The second kappa shape index (κ2) is 8.87. The van der Waals surface area contributed by atoms with Gasteiger partial charge in [0.25, 0.3) is 0 Å². The average Bonchev–Trinajstić information content (AvgIpc) is 2.44. The van der Waals surface area contributed by atoms with E-state index in [0.29, 0.717) is 13.2 Å². The lowest BCUT2D eigenvalue weighted by Gasteiger charge is -2.55. The molecule has 0 N–H and O–H groups in total. The largest absolute Gasteiger partial charge is 0.466 e. The molecule has 24 heavy (non-hydrogen) atoms. The van der Waals surface area contributed by atoms with Crippen molar-refractivity contribution >= 4 is 11.9 Å². The Kier molecular flexibility index (Phi) is 8.47. The molecule has 0 aromatic heterocycles. The summed E-state index contributed by atoms with van der Waals surface area (Å²) in [6.45, 7) is 18.8. The molecule has 4 heteroatoms. The molecule has 0 amide bonds. The van der Waals surface area contributed by atoms with Crippen LogP contribution in [-0.4, -0.2) is 25.2 Å². The van der Waals surface area contributed by atoms with Crippen LogP contribution in [0.3, 0.4) is 0 Å². The van der Waals surface area contributed by atoms with E-state index in [1.165, 1.54) is 0 Å². The van der Waals surface area contributed by atoms with E-state index in [0.717, 1.165) is 12.8 Å². The molecule has 0 aliphatic rings. The van der Waals surface area contributed by atoms with Gasteiger partial charge in [-0.1, -0.05) is 54.9 Å². The van der Waals surface area contributed by atoms with Crippen LogP contribution >= 0.6 is 0 Å². The molecule has 0 aromatic carbocycles. The molecule has 0 heterocycles. The Morgan fingerprint density at radius 2 is 1.42 bits per heavy atom. The molecule has 1 atom stereocenters. The topological polar surface area (TPSA) is 52.6 Å². The fraction of sp³-hybridized carbons (Fsp3) is 0.900. The van der Waals surface area contributed by atoms with Crippen LogP contribution in [0.15, 0.2) is 0 Å². The number of carbonyl (C=O) groups excluding carboxylic acids is 2. The van der Waals surface area contributed by atoms with Gasteiger partial charge in [-0.15, -0.1) is 0 Å². The highest BCUT2D eigenvalue weighted by atomic mass is 16.5. The molecule has 0 bridgehead atoms. The summed E-state index contributed by atoms with van der Waals surface area (Å²) in [7, 11) is 0. The SMILES string of the molecule is CCCC(C)(C)C(CC(=O)OCC)(C(=O)OCC)C(C)(C)C(C)C. The minimum atomic E-state index is -0.938. The molecular formula is C20H38O4. The molecule has 0 fully saturated rings. The lowest BCUT2D eigenvalue weighted by Crippen LogP contribution is -2.58. The van der Waals surface area contributed by atoms with Crippen LogP contribution in [0.4, 0.5) is 0 Å². The predicted octanol–water partition coefficient (Wildman–Crippen LogP) is 5.00. The fourth-order valence-electron chi connectivity index (χ4n) is 3.96. The molecule has 0 spiro atoms. The van der Waals surface area contributed by atoms with Gasteiger partial charge in [0.2, 0.25) is 0 Å². The molecule has 0 aliphatic heterocycles. The third-order valence-corrected chi connectivity index (χ3v) is 5.91. The van der Waals surface area contributed by atoms with Crippen molar-refractivity contribution in [1.82, 2.24) is 0 Å². The van der Waals surface area contributed by atoms with E-state index in [9.17, 15) is 9.59 Å². The van der Waals surface area contributed by atoms with Crippen molar-refractivity contribution in [2.24, 2.45) is 22.2 Å². The zero-order chi connectivity index (χ0) is 19.2. The fourth-order valence-corrected chi connectivity index (χ4v) is 3.96. The summed E-state index contributed by atoms with van der Waals surface area (Å²) in [6, 6.07) is 0. The number of ether oxygens (including phenoxy) is 2. The van der Waals surface area contributed by atoms with Crippen molar-refractivity contribution in [1.29, 1.82) is 0 Å². The number of carbonyl (C=O) groups is 2. The number of esters is 2. The van der Waals surface area contributed by atoms with Crippen molar-refractivity contribution in [2.45, 2.75) is 81.6 Å². The highest BCUT2D eigenvalue weighted by Crippen LogP contribution is 2.59. The van der Waals surface area contributed by atoms with Crippen molar-refractivity contribution in [2.75, 3.05) is 13.2 Å². The summed E-state index contributed by atoms with van der Waals surface area (Å²) in [5.74, 6) is -0.411. The van der Waals surface area contributed by atoms with E-state index >= 15 is 0 Å². The highest BCUT2D eigenvalue weighted by Gasteiger charge is 2.62. The number of rotatable bonds is 10. The van der Waals surface area contributed by atoms with Gasteiger partial charge in [0.15, 0.2) is 0 Å². The van der Waals surface area contributed by atoms with Crippen molar-refractivity contribution in [3.63, 3.8) is 0 Å². The van der Waals surface area contributed by atoms with Gasteiger partial charge in [-0.3, -0.25) is 9.59 Å². The van der Waals surface area contributed by atoms with E-state index in [-0.39, 0.29) is 24.3 Å². The van der Waals surface area contributed by atoms with Gasteiger partial charge in [-0.05, 0) is 37.0 Å². The van der Waals surface area contributed by atoms with E-state index in [1.54, 1.807) is 6.92 Å². The average molecular weight is 343 g/mol. The first kappa shape index (κ1) is 22.9. The Morgan fingerprint density at radius 1 is 0.917 bits per heavy atom.